The molecule has 35 heavy (non-hydrogen) atoms. The fourth-order valence-electron chi connectivity index (χ4n) is 6.14. The van der Waals surface area contributed by atoms with E-state index in [-0.39, 0.29) is 17.6 Å². The molecule has 1 amide bonds. The molecule has 2 unspecified atom stereocenters. The molecule has 4 aliphatic rings. The number of amides is 1. The molecular weight excluding hydrogens is 441 g/mol. The maximum absolute atomic E-state index is 14.6. The molecular formula is C28H32FN5O. The van der Waals surface area contributed by atoms with Crippen LogP contribution in [-0.4, -0.2) is 43.2 Å². The first-order valence-electron chi connectivity index (χ1n) is 12.9. The number of benzene rings is 2. The van der Waals surface area contributed by atoms with Crippen molar-refractivity contribution in [2.75, 3.05) is 31.1 Å². The highest BCUT2D eigenvalue weighted by molar-refractivity contribution is 5.95. The molecule has 6 rings (SSSR count). The van der Waals surface area contributed by atoms with Crippen LogP contribution >= 0.6 is 0 Å². The molecule has 6 nitrogen and oxygen atoms in total. The number of hydrogen-bond acceptors (Lipinski definition) is 5. The minimum absolute atomic E-state index is 0.0132. The monoisotopic (exact) mass is 473 g/mol. The average molecular weight is 474 g/mol. The fraction of sp³-hybridized carbons (Fsp3) is 0.500. The van der Waals surface area contributed by atoms with Crippen molar-refractivity contribution in [3.63, 3.8) is 0 Å². The molecule has 0 bridgehead atoms. The number of carbonyl (C=O) groups excluding carboxylic acids is 1. The fourth-order valence-corrected chi connectivity index (χ4v) is 6.14. The average Bonchev–Trinajstić information content (AvgIpc) is 3.64. The van der Waals surface area contributed by atoms with Gasteiger partial charge in [0, 0.05) is 25.3 Å². The predicted molar refractivity (Wildman–Crippen MR) is 132 cm³/mol. The van der Waals surface area contributed by atoms with Crippen molar-refractivity contribution in [2.24, 2.45) is 5.41 Å². The third kappa shape index (κ3) is 4.35. The van der Waals surface area contributed by atoms with E-state index in [1.807, 2.05) is 18.2 Å². The molecule has 182 valence electrons. The van der Waals surface area contributed by atoms with Gasteiger partial charge in [-0.1, -0.05) is 18.2 Å². The minimum Gasteiger partial charge on any atom is -0.316 e. The number of nitrogens with zero attached hydrogens (tertiary/aromatic N) is 3. The third-order valence-electron chi connectivity index (χ3n) is 8.53. The number of likely N-dealkylation sites (tertiary alicyclic amines) is 1. The summed E-state index contributed by atoms with van der Waals surface area (Å²) in [7, 11) is 0. The summed E-state index contributed by atoms with van der Waals surface area (Å²) in [5, 5.41) is 16.4. The van der Waals surface area contributed by atoms with Gasteiger partial charge in [0.25, 0.3) is 0 Å². The van der Waals surface area contributed by atoms with Crippen molar-refractivity contribution in [3.05, 3.63) is 65.0 Å². The number of piperidine rings is 1. The van der Waals surface area contributed by atoms with Crippen molar-refractivity contribution in [2.45, 2.75) is 56.8 Å². The van der Waals surface area contributed by atoms with Gasteiger partial charge >= 0.3 is 0 Å². The van der Waals surface area contributed by atoms with Crippen LogP contribution in [0.1, 0.15) is 67.3 Å². The second kappa shape index (κ2) is 9.02. The van der Waals surface area contributed by atoms with Crippen LogP contribution in [-0.2, 0) is 4.79 Å². The lowest BCUT2D eigenvalue weighted by atomic mass is 9.77. The summed E-state index contributed by atoms with van der Waals surface area (Å²) < 4.78 is 14.6. The van der Waals surface area contributed by atoms with Crippen LogP contribution in [0.3, 0.4) is 0 Å². The molecule has 3 aliphatic heterocycles. The number of nitriles is 1. The van der Waals surface area contributed by atoms with Gasteiger partial charge in [-0.05, 0) is 85.4 Å². The Kier molecular flexibility index (Phi) is 5.84. The molecule has 2 aromatic rings. The number of halogens is 1. The van der Waals surface area contributed by atoms with Gasteiger partial charge in [-0.25, -0.2) is 4.39 Å². The second-order valence-electron chi connectivity index (χ2n) is 10.7. The van der Waals surface area contributed by atoms with Gasteiger partial charge in [0.2, 0.25) is 5.91 Å². The zero-order valence-corrected chi connectivity index (χ0v) is 20.0. The van der Waals surface area contributed by atoms with Crippen LogP contribution in [0.15, 0.2) is 42.5 Å². The molecule has 7 heteroatoms. The van der Waals surface area contributed by atoms with E-state index in [4.69, 9.17) is 0 Å². The Hall–Kier alpha value is -2.79. The first-order valence-corrected chi connectivity index (χ1v) is 12.9. The normalized spacial score (nSPS) is 26.7. The van der Waals surface area contributed by atoms with E-state index in [1.165, 1.54) is 37.0 Å². The topological polar surface area (TPSA) is 71.4 Å². The molecule has 1 saturated carbocycles. The molecule has 0 aromatic heterocycles. The Labute approximate surface area is 206 Å². The second-order valence-corrected chi connectivity index (χ2v) is 10.7. The van der Waals surface area contributed by atoms with Gasteiger partial charge in [0.05, 0.1) is 18.2 Å². The first-order chi connectivity index (χ1) is 17.0. The van der Waals surface area contributed by atoms with E-state index in [2.05, 4.69) is 27.7 Å². The Morgan fingerprint density at radius 2 is 1.77 bits per heavy atom. The lowest BCUT2D eigenvalue weighted by molar-refractivity contribution is -0.123. The highest BCUT2D eigenvalue weighted by Gasteiger charge is 2.42. The summed E-state index contributed by atoms with van der Waals surface area (Å²) in [5.74, 6) is 0.119. The molecule has 2 N–H and O–H groups in total. The highest BCUT2D eigenvalue weighted by atomic mass is 19.1. The lowest BCUT2D eigenvalue weighted by Gasteiger charge is -2.47. The minimum atomic E-state index is -0.556. The molecule has 0 radical (unpaired) electrons. The Morgan fingerprint density at radius 1 is 1.03 bits per heavy atom. The number of carbonyl (C=O) groups is 1. The van der Waals surface area contributed by atoms with Crippen LogP contribution in [0.5, 0.6) is 0 Å². The summed E-state index contributed by atoms with van der Waals surface area (Å²) in [6, 6.07) is 14.8. The largest absolute Gasteiger partial charge is 0.316 e. The van der Waals surface area contributed by atoms with Crippen LogP contribution in [0, 0.1) is 22.6 Å². The van der Waals surface area contributed by atoms with Crippen molar-refractivity contribution >= 4 is 11.6 Å². The first kappa shape index (κ1) is 22.7. The van der Waals surface area contributed by atoms with Crippen molar-refractivity contribution in [3.8, 4) is 6.07 Å². The highest BCUT2D eigenvalue weighted by Crippen LogP contribution is 2.42. The Bertz CT molecular complexity index is 1140. The lowest BCUT2D eigenvalue weighted by Crippen LogP contribution is -2.61. The maximum Gasteiger partial charge on any atom is 0.231 e. The molecule has 2 atom stereocenters. The summed E-state index contributed by atoms with van der Waals surface area (Å²) in [5.41, 5.74) is 3.20. The Morgan fingerprint density at radius 3 is 2.40 bits per heavy atom. The smallest absolute Gasteiger partial charge is 0.231 e. The van der Waals surface area contributed by atoms with Crippen molar-refractivity contribution in [1.82, 2.24) is 15.5 Å². The van der Waals surface area contributed by atoms with Gasteiger partial charge in [0.15, 0.2) is 0 Å². The van der Waals surface area contributed by atoms with Crippen molar-refractivity contribution in [1.29, 1.82) is 5.26 Å². The van der Waals surface area contributed by atoms with Gasteiger partial charge < -0.3 is 5.32 Å². The number of hydrogen-bond donors (Lipinski definition) is 2. The standard InChI is InChI=1S/C28H32FN5O/c29-24-15-21(3-4-22(24)17-30)27-32-25(33-13-10-28(11-14-33)9-12-31-18-28)16-26(35)34(27)23-7-5-20(6-8-23)19-1-2-19/h3-8,15,19,25,27,31-32H,1-2,9-14,16,18H2. The third-order valence-corrected chi connectivity index (χ3v) is 8.53. The summed E-state index contributed by atoms with van der Waals surface area (Å²) in [4.78, 5) is 17.8. The SMILES string of the molecule is N#Cc1ccc(C2NC(N3CCC4(CCNC4)CC3)CC(=O)N2c2ccc(C3CC3)cc2)cc1F. The van der Waals surface area contributed by atoms with Crippen LogP contribution in [0.25, 0.3) is 0 Å². The molecule has 4 fully saturated rings. The molecule has 3 heterocycles. The number of anilines is 1. The van der Waals surface area contributed by atoms with Gasteiger partial charge in [-0.15, -0.1) is 0 Å². The van der Waals surface area contributed by atoms with E-state index >= 15 is 0 Å². The zero-order chi connectivity index (χ0) is 24.0. The molecule has 1 aliphatic carbocycles. The molecule has 2 aromatic carbocycles. The summed E-state index contributed by atoms with van der Waals surface area (Å²) in [6.45, 7) is 4.10. The van der Waals surface area contributed by atoms with Crippen LogP contribution < -0.4 is 15.5 Å². The maximum atomic E-state index is 14.6. The van der Waals surface area contributed by atoms with E-state index in [0.717, 1.165) is 44.7 Å². The van der Waals surface area contributed by atoms with E-state index < -0.39 is 12.0 Å². The predicted octanol–water partition coefficient (Wildman–Crippen LogP) is 4.00. The molecule has 3 saturated heterocycles. The summed E-state index contributed by atoms with van der Waals surface area (Å²) in [6.07, 6.45) is 5.74. The summed E-state index contributed by atoms with van der Waals surface area (Å²) >= 11 is 0. The van der Waals surface area contributed by atoms with Gasteiger partial charge in [-0.2, -0.15) is 5.26 Å². The van der Waals surface area contributed by atoms with E-state index in [0.29, 0.717) is 23.3 Å². The van der Waals surface area contributed by atoms with Crippen LogP contribution in [0.2, 0.25) is 0 Å². The van der Waals surface area contributed by atoms with Gasteiger partial charge in [-0.3, -0.25) is 19.9 Å². The number of rotatable bonds is 4. The zero-order valence-electron chi connectivity index (χ0n) is 20.0. The molecule has 1 spiro atoms. The Balaban J connectivity index is 1.28. The number of nitrogens with one attached hydrogen (secondary N) is 2. The van der Waals surface area contributed by atoms with E-state index in [9.17, 15) is 14.4 Å². The quantitative estimate of drug-likeness (QED) is 0.702. The van der Waals surface area contributed by atoms with Gasteiger partial charge in [0.1, 0.15) is 18.1 Å². The van der Waals surface area contributed by atoms with Crippen molar-refractivity contribution < 1.29 is 9.18 Å². The van der Waals surface area contributed by atoms with E-state index in [1.54, 1.807) is 11.0 Å². The van der Waals surface area contributed by atoms with Crippen LogP contribution in [0.4, 0.5) is 10.1 Å².